The van der Waals surface area contributed by atoms with E-state index >= 15 is 0 Å². The second kappa shape index (κ2) is 7.05. The largest absolute Gasteiger partial charge is 0.349 e. The quantitative estimate of drug-likeness (QED) is 0.647. The summed E-state index contributed by atoms with van der Waals surface area (Å²) < 4.78 is 0. The maximum atomic E-state index is 11.1. The Bertz CT molecular complexity index is 256. The Balaban J connectivity index is 3.64. The molecule has 4 amide bonds. The summed E-state index contributed by atoms with van der Waals surface area (Å²) in [6, 6.07) is -0.646. The Kier molecular flexibility index (Phi) is 6.44. The van der Waals surface area contributed by atoms with Crippen molar-refractivity contribution >= 4 is 29.4 Å². The third-order valence-corrected chi connectivity index (χ3v) is 1.74. The smallest absolute Gasteiger partial charge is 0.321 e. The van der Waals surface area contributed by atoms with E-state index in [1.807, 2.05) is 5.32 Å². The molecule has 0 aromatic carbocycles. The van der Waals surface area contributed by atoms with Gasteiger partial charge in [-0.25, -0.2) is 4.79 Å². The lowest BCUT2D eigenvalue weighted by molar-refractivity contribution is -0.128. The second-order valence-electron chi connectivity index (χ2n) is 2.98. The number of rotatable bonds is 4. The van der Waals surface area contributed by atoms with E-state index < -0.39 is 11.9 Å². The summed E-state index contributed by atoms with van der Waals surface area (Å²) in [6.07, 6.45) is 0.190. The molecule has 0 aromatic rings. The van der Waals surface area contributed by atoms with Gasteiger partial charge in [-0.1, -0.05) is 0 Å². The number of carbonyl (C=O) groups excluding carboxylic acids is 3. The number of nitrogens with one attached hydrogen (secondary N) is 2. The number of hydrogen-bond donors (Lipinski definition) is 2. The fraction of sp³-hybridized carbons (Fsp3) is 0.625. The Hall–Kier alpha value is -1.30. The highest BCUT2D eigenvalue weighted by Gasteiger charge is 2.07. The van der Waals surface area contributed by atoms with Crippen LogP contribution in [0.5, 0.6) is 0 Å². The first-order chi connectivity index (χ1) is 6.97. The van der Waals surface area contributed by atoms with E-state index in [0.717, 1.165) is 0 Å². The summed E-state index contributed by atoms with van der Waals surface area (Å²) in [7, 11) is 3.25. The standard InChI is InChI=1S/C8H14ClN3O3/c1-12(2)7(14)3-4-10-8(15)11-6(13)5-9/h3-5H2,1-2H3,(H2,10,11,13,15). The summed E-state index contributed by atoms with van der Waals surface area (Å²) in [5.41, 5.74) is 0. The van der Waals surface area contributed by atoms with Gasteiger partial charge in [0, 0.05) is 27.1 Å². The zero-order chi connectivity index (χ0) is 11.8. The highest BCUT2D eigenvalue weighted by atomic mass is 35.5. The Morgan fingerprint density at radius 1 is 1.27 bits per heavy atom. The molecule has 0 bridgehead atoms. The van der Waals surface area contributed by atoms with Gasteiger partial charge in [0.1, 0.15) is 5.88 Å². The monoisotopic (exact) mass is 235 g/mol. The van der Waals surface area contributed by atoms with Crippen LogP contribution in [0.3, 0.4) is 0 Å². The molecule has 0 saturated heterocycles. The number of carbonyl (C=O) groups is 3. The van der Waals surface area contributed by atoms with Gasteiger partial charge in [-0.05, 0) is 0 Å². The molecule has 0 saturated carbocycles. The van der Waals surface area contributed by atoms with Crippen molar-refractivity contribution in [2.75, 3.05) is 26.5 Å². The fourth-order valence-corrected chi connectivity index (χ4v) is 0.778. The van der Waals surface area contributed by atoms with Gasteiger partial charge < -0.3 is 10.2 Å². The Morgan fingerprint density at radius 2 is 1.87 bits per heavy atom. The van der Waals surface area contributed by atoms with Gasteiger partial charge in [-0.15, -0.1) is 11.6 Å². The maximum absolute atomic E-state index is 11.1. The minimum absolute atomic E-state index is 0.0982. The molecule has 0 spiro atoms. The van der Waals surface area contributed by atoms with Crippen LogP contribution in [0.2, 0.25) is 0 Å². The van der Waals surface area contributed by atoms with Gasteiger partial charge in [0.25, 0.3) is 0 Å². The van der Waals surface area contributed by atoms with Crippen LogP contribution in [0.4, 0.5) is 4.79 Å². The fourth-order valence-electron chi connectivity index (χ4n) is 0.711. The maximum Gasteiger partial charge on any atom is 0.321 e. The van der Waals surface area contributed by atoms with Crippen LogP contribution in [0.15, 0.2) is 0 Å². The van der Waals surface area contributed by atoms with E-state index in [0.29, 0.717) is 0 Å². The summed E-state index contributed by atoms with van der Waals surface area (Å²) >= 11 is 5.17. The summed E-state index contributed by atoms with van der Waals surface area (Å²) in [5, 5.41) is 4.34. The number of halogens is 1. The number of urea groups is 1. The molecule has 6 nitrogen and oxygen atoms in total. The van der Waals surface area contributed by atoms with E-state index in [1.54, 1.807) is 14.1 Å². The molecule has 0 aromatic heterocycles. The molecule has 0 aliphatic carbocycles. The number of nitrogens with zero attached hydrogens (tertiary/aromatic N) is 1. The SMILES string of the molecule is CN(C)C(=O)CCNC(=O)NC(=O)CCl. The third-order valence-electron chi connectivity index (χ3n) is 1.50. The van der Waals surface area contributed by atoms with Gasteiger partial charge in [-0.2, -0.15) is 0 Å². The molecule has 7 heteroatoms. The Morgan fingerprint density at radius 3 is 2.33 bits per heavy atom. The summed E-state index contributed by atoms with van der Waals surface area (Å²) in [5.74, 6) is -0.948. The number of alkyl halides is 1. The zero-order valence-corrected chi connectivity index (χ0v) is 9.43. The molecule has 2 N–H and O–H groups in total. The molecule has 0 aliphatic rings. The van der Waals surface area contributed by atoms with Crippen molar-refractivity contribution in [3.05, 3.63) is 0 Å². The van der Waals surface area contributed by atoms with E-state index in [2.05, 4.69) is 5.32 Å². The topological polar surface area (TPSA) is 78.5 Å². The molecule has 0 unspecified atom stereocenters. The molecule has 0 fully saturated rings. The van der Waals surface area contributed by atoms with Gasteiger partial charge in [-0.3, -0.25) is 14.9 Å². The number of imide groups is 1. The molecule has 0 radical (unpaired) electrons. The van der Waals surface area contributed by atoms with Crippen molar-refractivity contribution in [1.82, 2.24) is 15.5 Å². The minimum Gasteiger partial charge on any atom is -0.349 e. The van der Waals surface area contributed by atoms with Gasteiger partial charge in [0.2, 0.25) is 11.8 Å². The van der Waals surface area contributed by atoms with Crippen LogP contribution in [-0.2, 0) is 9.59 Å². The van der Waals surface area contributed by atoms with Crippen LogP contribution in [0.1, 0.15) is 6.42 Å². The minimum atomic E-state index is -0.646. The lowest BCUT2D eigenvalue weighted by Crippen LogP contribution is -2.41. The molecular formula is C8H14ClN3O3. The number of hydrogen-bond acceptors (Lipinski definition) is 3. The van der Waals surface area contributed by atoms with Gasteiger partial charge in [0.15, 0.2) is 0 Å². The van der Waals surface area contributed by atoms with Crippen molar-refractivity contribution < 1.29 is 14.4 Å². The Labute approximate surface area is 92.9 Å². The van der Waals surface area contributed by atoms with Crippen molar-refractivity contribution in [2.45, 2.75) is 6.42 Å². The van der Waals surface area contributed by atoms with Crippen molar-refractivity contribution in [2.24, 2.45) is 0 Å². The van der Waals surface area contributed by atoms with Crippen LogP contribution in [0, 0.1) is 0 Å². The summed E-state index contributed by atoms with van der Waals surface area (Å²) in [6.45, 7) is 0.179. The van der Waals surface area contributed by atoms with E-state index in [-0.39, 0.29) is 24.8 Å². The van der Waals surface area contributed by atoms with Crippen LogP contribution < -0.4 is 10.6 Å². The molecule has 0 aliphatic heterocycles. The number of amides is 4. The lowest BCUT2D eigenvalue weighted by atomic mass is 10.4. The molecule has 0 heterocycles. The second-order valence-corrected chi connectivity index (χ2v) is 3.24. The average molecular weight is 236 g/mol. The predicted octanol–water partition coefficient (Wildman–Crippen LogP) is -0.471. The molecule has 15 heavy (non-hydrogen) atoms. The van der Waals surface area contributed by atoms with Crippen LogP contribution in [0.25, 0.3) is 0 Å². The molecular weight excluding hydrogens is 222 g/mol. The molecule has 86 valence electrons. The van der Waals surface area contributed by atoms with Crippen molar-refractivity contribution in [3.8, 4) is 0 Å². The van der Waals surface area contributed by atoms with Crippen molar-refractivity contribution in [1.29, 1.82) is 0 Å². The highest BCUT2D eigenvalue weighted by molar-refractivity contribution is 6.28. The third kappa shape index (κ3) is 6.73. The van der Waals surface area contributed by atoms with Crippen LogP contribution in [-0.4, -0.2) is 49.3 Å². The van der Waals surface area contributed by atoms with Gasteiger partial charge in [0.05, 0.1) is 0 Å². The molecule has 0 atom stereocenters. The first-order valence-corrected chi connectivity index (χ1v) is 4.84. The normalized spacial score (nSPS) is 9.27. The van der Waals surface area contributed by atoms with E-state index in [1.165, 1.54) is 4.90 Å². The lowest BCUT2D eigenvalue weighted by Gasteiger charge is -2.10. The predicted molar refractivity (Wildman–Crippen MR) is 55.6 cm³/mol. The van der Waals surface area contributed by atoms with Gasteiger partial charge >= 0.3 is 6.03 Å². The summed E-state index contributed by atoms with van der Waals surface area (Å²) in [4.78, 5) is 34.1. The molecule has 0 rings (SSSR count). The first-order valence-electron chi connectivity index (χ1n) is 4.31. The first kappa shape index (κ1) is 13.7. The highest BCUT2D eigenvalue weighted by Crippen LogP contribution is 1.84. The zero-order valence-electron chi connectivity index (χ0n) is 8.67. The van der Waals surface area contributed by atoms with E-state index in [9.17, 15) is 14.4 Å². The van der Waals surface area contributed by atoms with E-state index in [4.69, 9.17) is 11.6 Å². The van der Waals surface area contributed by atoms with Crippen molar-refractivity contribution in [3.63, 3.8) is 0 Å². The van der Waals surface area contributed by atoms with Crippen LogP contribution >= 0.6 is 11.6 Å². The average Bonchev–Trinajstić information content (AvgIpc) is 2.17.